The van der Waals surface area contributed by atoms with Gasteiger partial charge in [0.15, 0.2) is 0 Å². The summed E-state index contributed by atoms with van der Waals surface area (Å²) in [6.07, 6.45) is 2.99. The molecule has 0 radical (unpaired) electrons. The zero-order valence-electron chi connectivity index (χ0n) is 15.2. The maximum Gasteiger partial charge on any atom is 1.00 e. The van der Waals surface area contributed by atoms with Crippen molar-refractivity contribution in [3.63, 3.8) is 0 Å². The second kappa shape index (κ2) is 13.3. The van der Waals surface area contributed by atoms with E-state index in [-0.39, 0.29) is 28.2 Å². The van der Waals surface area contributed by atoms with E-state index in [9.17, 15) is 4.79 Å². The number of allylic oxidation sites excluding steroid dienone is 1. The summed E-state index contributed by atoms with van der Waals surface area (Å²) in [7, 11) is -0.446. The smallest absolute Gasteiger partial charge is 0.339 e. The largest absolute Gasteiger partial charge is 1.00 e. The summed E-state index contributed by atoms with van der Waals surface area (Å²) < 4.78 is 0. The Kier molecular flexibility index (Phi) is 11.4. The molecule has 0 spiro atoms. The molecule has 1 nitrogen and oxygen atoms in total. The Morgan fingerprint density at radius 3 is 1.33 bits per heavy atom. The molecule has 0 N–H and O–H groups in total. The minimum atomic E-state index is -0.446. The number of hydrogen-bond donors (Lipinski definition) is 0. The third kappa shape index (κ3) is 8.12. The molecule has 0 aliphatic heterocycles. The molecule has 3 aromatic carbocycles. The number of benzene rings is 3. The molecule has 0 saturated heterocycles. The number of ketones is 1. The molecule has 0 unspecified atom stereocenters. The zero-order chi connectivity index (χ0) is 18.6. The van der Waals surface area contributed by atoms with Crippen LogP contribution in [0.4, 0.5) is 0 Å². The predicted molar refractivity (Wildman–Crippen MR) is 115 cm³/mol. The van der Waals surface area contributed by atoms with Crippen molar-refractivity contribution in [1.82, 2.24) is 0 Å². The number of Topliss-reactive ketones (excluding diaryl/α,β-unsaturated/α-hetero) is 1. The van der Waals surface area contributed by atoms with Crippen LogP contribution in [-0.4, -0.2) is 5.78 Å². The summed E-state index contributed by atoms with van der Waals surface area (Å²) >= 11 is 0. The molecule has 0 bridgehead atoms. The van der Waals surface area contributed by atoms with Gasteiger partial charge in [-0.25, -0.2) is 0 Å². The van der Waals surface area contributed by atoms with Crippen molar-refractivity contribution in [2.75, 3.05) is 0 Å². The monoisotopic (exact) mass is 556 g/mol. The van der Waals surface area contributed by atoms with Gasteiger partial charge in [0.1, 0.15) is 0 Å². The third-order valence-corrected chi connectivity index (χ3v) is 6.11. The second-order valence-electron chi connectivity index (χ2n) is 5.71. The normalized spacial score (nSPS) is 9.52. The van der Waals surface area contributed by atoms with Crippen LogP contribution in [-0.2, 0) is 27.2 Å². The van der Waals surface area contributed by atoms with Crippen LogP contribution in [0.15, 0.2) is 104 Å². The van der Waals surface area contributed by atoms with E-state index < -0.39 is 7.92 Å². The first-order valence-corrected chi connectivity index (χ1v) is 9.97. The number of carbonyl (C=O) groups excluding carboxylic acids is 1. The summed E-state index contributed by atoms with van der Waals surface area (Å²) in [6.45, 7) is 6.64. The third-order valence-electron chi connectivity index (χ3n) is 3.67. The van der Waals surface area contributed by atoms with Crippen LogP contribution < -0.4 is 15.9 Å². The van der Waals surface area contributed by atoms with Crippen molar-refractivity contribution in [2.24, 2.45) is 0 Å². The molecule has 0 atom stereocenters. The van der Waals surface area contributed by atoms with Crippen LogP contribution in [0.5, 0.6) is 0 Å². The molecule has 0 amide bonds. The molecule has 3 heteroatoms. The van der Waals surface area contributed by atoms with Gasteiger partial charge < -0.3 is 11.7 Å². The maximum absolute atomic E-state index is 10.0. The molecule has 3 rings (SSSR count). The van der Waals surface area contributed by atoms with Gasteiger partial charge in [-0.2, -0.15) is 0 Å². The van der Waals surface area contributed by atoms with E-state index in [1.165, 1.54) is 15.9 Å². The average Bonchev–Trinajstić information content (AvgIpc) is 2.70. The van der Waals surface area contributed by atoms with Crippen LogP contribution in [0.3, 0.4) is 0 Å². The molecule has 0 saturated carbocycles. The first-order chi connectivity index (χ1) is 12.7. The number of hydrogen-bond acceptors (Lipinski definition) is 1. The van der Waals surface area contributed by atoms with Gasteiger partial charge in [0.05, 0.1) is 0 Å². The van der Waals surface area contributed by atoms with Gasteiger partial charge in [-0.1, -0.05) is 97.1 Å². The van der Waals surface area contributed by atoms with E-state index >= 15 is 0 Å². The fourth-order valence-corrected chi connectivity index (χ4v) is 4.75. The zero-order valence-corrected chi connectivity index (χ0v) is 18.3. The van der Waals surface area contributed by atoms with Gasteiger partial charge in [0.2, 0.25) is 0 Å². The molecule has 0 aliphatic rings. The van der Waals surface area contributed by atoms with Gasteiger partial charge in [-0.15, -0.1) is 6.58 Å². The van der Waals surface area contributed by atoms with Crippen molar-refractivity contribution < 1.29 is 27.2 Å². The van der Waals surface area contributed by atoms with Crippen molar-refractivity contribution >= 4 is 29.6 Å². The molecule has 0 fully saturated rings. The first-order valence-electron chi connectivity index (χ1n) is 8.63. The van der Waals surface area contributed by atoms with Gasteiger partial charge in [0, 0.05) is 0 Å². The van der Waals surface area contributed by atoms with Crippen LogP contribution >= 0.6 is 7.92 Å². The Labute approximate surface area is 179 Å². The fraction of sp³-hybridized carbons (Fsp3) is 0.0833. The molecule has 142 valence electrons. The van der Waals surface area contributed by atoms with E-state index in [1.807, 2.05) is 0 Å². The topological polar surface area (TPSA) is 17.1 Å². The summed E-state index contributed by atoms with van der Waals surface area (Å²) in [6, 6.07) is 32.3. The summed E-state index contributed by atoms with van der Waals surface area (Å²) in [5, 5.41) is 4.19. The molecule has 0 aromatic heterocycles. The van der Waals surface area contributed by atoms with Gasteiger partial charge in [0.25, 0.3) is 0 Å². The molecular weight excluding hydrogens is 532 g/mol. The number of carbonyl (C=O) groups is 1. The Bertz CT molecular complexity index is 694. The van der Waals surface area contributed by atoms with Crippen LogP contribution in [0.1, 0.15) is 12.8 Å². The molecule has 0 aliphatic carbocycles. The maximum atomic E-state index is 10.0. The second-order valence-corrected chi connectivity index (χ2v) is 7.93. The van der Waals surface area contributed by atoms with Crippen LogP contribution in [0, 0.1) is 6.92 Å². The Hall–Kier alpha value is -1.89. The van der Waals surface area contributed by atoms with E-state index in [0.717, 1.165) is 6.42 Å². The van der Waals surface area contributed by atoms with Crippen molar-refractivity contribution in [3.8, 4) is 0 Å². The fourth-order valence-electron chi connectivity index (χ4n) is 2.44. The summed E-state index contributed by atoms with van der Waals surface area (Å²) in [4.78, 5) is 10.0. The molecule has 3 aromatic rings. The summed E-state index contributed by atoms with van der Waals surface area (Å²) in [5.41, 5.74) is 0. The van der Waals surface area contributed by atoms with Gasteiger partial charge in [-0.05, 0) is 42.5 Å². The van der Waals surface area contributed by atoms with E-state index in [1.54, 1.807) is 6.08 Å². The van der Waals surface area contributed by atoms with Crippen molar-refractivity contribution in [1.29, 1.82) is 0 Å². The van der Waals surface area contributed by atoms with Crippen molar-refractivity contribution in [2.45, 2.75) is 12.8 Å². The van der Waals surface area contributed by atoms with Crippen LogP contribution in [0.2, 0.25) is 0 Å². The SMILES string of the molecule is C=CCCC([CH2-])=O.[Au+].c1ccc(P(c2ccccc2)c2ccccc2)cc1. The average molecular weight is 556 g/mol. The Morgan fingerprint density at radius 1 is 0.778 bits per heavy atom. The Balaban J connectivity index is 0.000000395. The van der Waals surface area contributed by atoms with E-state index in [0.29, 0.717) is 6.42 Å². The van der Waals surface area contributed by atoms with Crippen LogP contribution in [0.25, 0.3) is 0 Å². The Morgan fingerprint density at radius 2 is 1.11 bits per heavy atom. The molecule has 27 heavy (non-hydrogen) atoms. The minimum absolute atomic E-state index is 0. The van der Waals surface area contributed by atoms with E-state index in [2.05, 4.69) is 104 Å². The van der Waals surface area contributed by atoms with Gasteiger partial charge >= 0.3 is 22.4 Å². The number of rotatable bonds is 6. The van der Waals surface area contributed by atoms with Crippen molar-refractivity contribution in [3.05, 3.63) is 111 Å². The summed E-state index contributed by atoms with van der Waals surface area (Å²) in [5.74, 6) is -0.0140. The predicted octanol–water partition coefficient (Wildman–Crippen LogP) is 4.80. The van der Waals surface area contributed by atoms with Gasteiger partial charge in [-0.3, -0.25) is 0 Å². The molecular formula is C24H24AuOP. The minimum Gasteiger partial charge on any atom is -0.339 e. The standard InChI is InChI=1S/C18H15P.C6H9O.Au/c1-4-10-16(11-5-1)19(17-12-6-2-7-13-17)18-14-8-3-9-15-18;1-3-4-5-6(2)7;/h1-15H;3H,1-2,4-5H2;/q;-1;+1. The van der Waals surface area contributed by atoms with E-state index in [4.69, 9.17) is 0 Å². The first kappa shape index (κ1) is 23.2. The quantitative estimate of drug-likeness (QED) is 0.185. The molecule has 0 heterocycles.